The van der Waals surface area contributed by atoms with Gasteiger partial charge in [0.25, 0.3) is 11.8 Å². The fraction of sp³-hybridized carbons (Fsp3) is 0.143. The van der Waals surface area contributed by atoms with E-state index in [1.807, 2.05) is 30.3 Å². The molecule has 0 atom stereocenters. The first-order chi connectivity index (χ1) is 14.1. The number of hydrogen-bond acceptors (Lipinski definition) is 4. The van der Waals surface area contributed by atoms with Crippen LogP contribution in [0.1, 0.15) is 33.7 Å². The van der Waals surface area contributed by atoms with Gasteiger partial charge in [-0.25, -0.2) is 0 Å². The van der Waals surface area contributed by atoms with Crippen molar-refractivity contribution in [2.45, 2.75) is 12.8 Å². The van der Waals surface area contributed by atoms with Gasteiger partial charge in [-0.1, -0.05) is 42.5 Å². The van der Waals surface area contributed by atoms with Crippen LogP contribution in [-0.4, -0.2) is 34.5 Å². The number of aromatic nitrogens is 2. The zero-order valence-corrected chi connectivity index (χ0v) is 15.5. The average molecular weight is 389 g/mol. The third-order valence-corrected chi connectivity index (χ3v) is 4.69. The molecule has 146 valence electrons. The molecule has 1 aromatic heterocycles. The zero-order chi connectivity index (χ0) is 20.2. The summed E-state index contributed by atoms with van der Waals surface area (Å²) in [5.41, 5.74) is 7.34. The molecule has 29 heavy (non-hydrogen) atoms. The summed E-state index contributed by atoms with van der Waals surface area (Å²) in [5.74, 6) is -1.04. The summed E-state index contributed by atoms with van der Waals surface area (Å²) in [6.07, 6.45) is 1.23. The van der Waals surface area contributed by atoms with E-state index < -0.39 is 11.8 Å². The molecule has 1 aliphatic heterocycles. The van der Waals surface area contributed by atoms with Gasteiger partial charge >= 0.3 is 0 Å². The number of hydrazine groups is 1. The number of H-pyrrole nitrogens is 1. The average Bonchev–Trinajstić information content (AvgIpc) is 3.42. The molecule has 3 amide bonds. The molecule has 1 aliphatic rings. The van der Waals surface area contributed by atoms with Crippen LogP contribution >= 0.6 is 0 Å². The fourth-order valence-electron chi connectivity index (χ4n) is 3.25. The van der Waals surface area contributed by atoms with Gasteiger partial charge in [0.2, 0.25) is 5.91 Å². The maximum Gasteiger partial charge on any atom is 0.287 e. The summed E-state index contributed by atoms with van der Waals surface area (Å²) in [6, 6.07) is 17.9. The maximum atomic E-state index is 12.6. The van der Waals surface area contributed by atoms with Crippen molar-refractivity contribution in [2.24, 2.45) is 0 Å². The van der Waals surface area contributed by atoms with Crippen molar-refractivity contribution >= 4 is 23.4 Å². The van der Waals surface area contributed by atoms with Crippen LogP contribution in [0.2, 0.25) is 0 Å². The van der Waals surface area contributed by atoms with Crippen LogP contribution in [0.4, 0.5) is 5.69 Å². The molecule has 0 saturated carbocycles. The Labute approximate surface area is 166 Å². The van der Waals surface area contributed by atoms with Crippen LogP contribution in [0.3, 0.4) is 0 Å². The van der Waals surface area contributed by atoms with E-state index in [0.717, 1.165) is 12.0 Å². The van der Waals surface area contributed by atoms with E-state index in [4.69, 9.17) is 0 Å². The normalized spacial score (nSPS) is 13.4. The highest BCUT2D eigenvalue weighted by molar-refractivity contribution is 6.06. The van der Waals surface area contributed by atoms with E-state index >= 15 is 0 Å². The van der Waals surface area contributed by atoms with Gasteiger partial charge in [0.05, 0.1) is 16.9 Å². The number of para-hydroxylation sites is 1. The standard InChI is InChI=1S/C21H19N5O3/c27-19-11-6-12-26(19)18-10-5-4-9-15(18)20(28)24-25-21(29)17-13-16(22-23-17)14-7-2-1-3-8-14/h1-5,7-10,13H,6,11-12H2,(H,22,23)(H,24,28)(H,25,29). The smallest absolute Gasteiger partial charge is 0.287 e. The molecular formula is C21H19N5O3. The minimum absolute atomic E-state index is 0.0137. The van der Waals surface area contributed by atoms with Gasteiger partial charge in [0.1, 0.15) is 5.69 Å². The van der Waals surface area contributed by atoms with Crippen LogP contribution in [0.5, 0.6) is 0 Å². The van der Waals surface area contributed by atoms with Crippen molar-refractivity contribution in [3.05, 3.63) is 71.9 Å². The summed E-state index contributed by atoms with van der Waals surface area (Å²) in [5, 5.41) is 6.79. The monoisotopic (exact) mass is 389 g/mol. The number of nitrogens with zero attached hydrogens (tertiary/aromatic N) is 2. The maximum absolute atomic E-state index is 12.6. The number of carbonyl (C=O) groups excluding carboxylic acids is 3. The van der Waals surface area contributed by atoms with Crippen LogP contribution in [-0.2, 0) is 4.79 Å². The largest absolute Gasteiger partial charge is 0.312 e. The minimum atomic E-state index is -0.525. The van der Waals surface area contributed by atoms with Crippen molar-refractivity contribution < 1.29 is 14.4 Å². The lowest BCUT2D eigenvalue weighted by Crippen LogP contribution is -2.42. The van der Waals surface area contributed by atoms with E-state index in [-0.39, 0.29) is 11.6 Å². The number of nitrogens with one attached hydrogen (secondary N) is 3. The second-order valence-electron chi connectivity index (χ2n) is 6.61. The Morgan fingerprint density at radius 1 is 0.966 bits per heavy atom. The number of rotatable bonds is 4. The number of aromatic amines is 1. The SMILES string of the molecule is O=C(NNC(=O)c1ccccc1N1CCCC1=O)c1cc(-c2ccccc2)n[nH]1. The van der Waals surface area contributed by atoms with Gasteiger partial charge < -0.3 is 4.90 Å². The molecule has 0 aliphatic carbocycles. The molecule has 3 N–H and O–H groups in total. The Morgan fingerprint density at radius 3 is 2.45 bits per heavy atom. The predicted molar refractivity (Wildman–Crippen MR) is 107 cm³/mol. The summed E-state index contributed by atoms with van der Waals surface area (Å²) in [4.78, 5) is 38.6. The topological polar surface area (TPSA) is 107 Å². The first kappa shape index (κ1) is 18.4. The highest BCUT2D eigenvalue weighted by Crippen LogP contribution is 2.25. The lowest BCUT2D eigenvalue weighted by Gasteiger charge is -2.19. The van der Waals surface area contributed by atoms with Gasteiger partial charge in [-0.15, -0.1) is 0 Å². The van der Waals surface area contributed by atoms with Crippen molar-refractivity contribution in [1.82, 2.24) is 21.0 Å². The highest BCUT2D eigenvalue weighted by Gasteiger charge is 2.25. The van der Waals surface area contributed by atoms with Crippen LogP contribution in [0, 0.1) is 0 Å². The number of anilines is 1. The predicted octanol–water partition coefficient (Wildman–Crippen LogP) is 2.28. The Kier molecular flexibility index (Phi) is 5.07. The van der Waals surface area contributed by atoms with Gasteiger partial charge in [-0.2, -0.15) is 5.10 Å². The lowest BCUT2D eigenvalue weighted by atomic mass is 10.1. The van der Waals surface area contributed by atoms with E-state index in [1.165, 1.54) is 0 Å². The first-order valence-corrected chi connectivity index (χ1v) is 9.24. The van der Waals surface area contributed by atoms with Crippen molar-refractivity contribution in [3.8, 4) is 11.3 Å². The summed E-state index contributed by atoms with van der Waals surface area (Å²) in [7, 11) is 0. The molecule has 4 rings (SSSR count). The second kappa shape index (κ2) is 7.97. The minimum Gasteiger partial charge on any atom is -0.312 e. The second-order valence-corrected chi connectivity index (χ2v) is 6.61. The van der Waals surface area contributed by atoms with Gasteiger partial charge in [0, 0.05) is 18.5 Å². The number of benzene rings is 2. The van der Waals surface area contributed by atoms with Crippen molar-refractivity contribution in [1.29, 1.82) is 0 Å². The van der Waals surface area contributed by atoms with E-state index in [2.05, 4.69) is 21.0 Å². The van der Waals surface area contributed by atoms with E-state index in [0.29, 0.717) is 29.9 Å². The molecule has 0 bridgehead atoms. The third kappa shape index (κ3) is 3.86. The molecule has 0 spiro atoms. The fourth-order valence-corrected chi connectivity index (χ4v) is 3.25. The molecule has 1 fully saturated rings. The first-order valence-electron chi connectivity index (χ1n) is 9.24. The molecule has 1 saturated heterocycles. The van der Waals surface area contributed by atoms with Gasteiger partial charge in [0.15, 0.2) is 0 Å². The quantitative estimate of drug-likeness (QED) is 0.595. The Hall–Kier alpha value is -3.94. The van der Waals surface area contributed by atoms with Crippen molar-refractivity contribution in [2.75, 3.05) is 11.4 Å². The molecule has 0 unspecified atom stereocenters. The molecular weight excluding hydrogens is 370 g/mol. The van der Waals surface area contributed by atoms with Gasteiger partial charge in [-0.3, -0.25) is 30.3 Å². The molecule has 0 radical (unpaired) electrons. The lowest BCUT2D eigenvalue weighted by molar-refractivity contribution is -0.117. The summed E-state index contributed by atoms with van der Waals surface area (Å²) < 4.78 is 0. The summed E-state index contributed by atoms with van der Waals surface area (Å²) in [6.45, 7) is 0.575. The van der Waals surface area contributed by atoms with E-state index in [9.17, 15) is 14.4 Å². The van der Waals surface area contributed by atoms with Crippen LogP contribution in [0.25, 0.3) is 11.3 Å². The zero-order valence-electron chi connectivity index (χ0n) is 15.5. The molecule has 3 aromatic rings. The third-order valence-electron chi connectivity index (χ3n) is 4.69. The van der Waals surface area contributed by atoms with Crippen LogP contribution < -0.4 is 15.8 Å². The highest BCUT2D eigenvalue weighted by atomic mass is 16.2. The van der Waals surface area contributed by atoms with Crippen LogP contribution in [0.15, 0.2) is 60.7 Å². The van der Waals surface area contributed by atoms with Crippen molar-refractivity contribution in [3.63, 3.8) is 0 Å². The Bertz CT molecular complexity index is 1060. The molecule has 2 aromatic carbocycles. The molecule has 8 nitrogen and oxygen atoms in total. The van der Waals surface area contributed by atoms with Gasteiger partial charge in [-0.05, 0) is 24.6 Å². The van der Waals surface area contributed by atoms with E-state index in [1.54, 1.807) is 35.2 Å². The number of carbonyl (C=O) groups is 3. The Balaban J connectivity index is 1.44. The summed E-state index contributed by atoms with van der Waals surface area (Å²) >= 11 is 0. The number of amides is 3. The Morgan fingerprint density at radius 2 is 1.69 bits per heavy atom. The number of hydrogen-bond donors (Lipinski definition) is 3. The molecule has 8 heteroatoms. The molecule has 2 heterocycles.